The van der Waals surface area contributed by atoms with Gasteiger partial charge < -0.3 is 5.11 Å². The zero-order chi connectivity index (χ0) is 26.9. The van der Waals surface area contributed by atoms with Gasteiger partial charge in [0.1, 0.15) is 0 Å². The van der Waals surface area contributed by atoms with Gasteiger partial charge in [0.2, 0.25) is 0 Å². The Balaban J connectivity index is 3.18. The van der Waals surface area contributed by atoms with Crippen LogP contribution < -0.4 is 0 Å². The van der Waals surface area contributed by atoms with Crippen LogP contribution >= 0.6 is 0 Å². The molecule has 1 N–H and O–H groups in total. The average Bonchev–Trinajstić information content (AvgIpc) is 2.90. The van der Waals surface area contributed by atoms with Crippen molar-refractivity contribution in [2.24, 2.45) is 0 Å². The Morgan fingerprint density at radius 1 is 0.351 bits per heavy atom. The summed E-state index contributed by atoms with van der Waals surface area (Å²) in [4.78, 5) is 0. The Bertz CT molecular complexity index is 415. The van der Waals surface area contributed by atoms with E-state index in [0.717, 1.165) is 12.8 Å². The van der Waals surface area contributed by atoms with E-state index in [1.807, 2.05) is 0 Å². The summed E-state index contributed by atoms with van der Waals surface area (Å²) in [5.74, 6) is 0. The second-order valence-corrected chi connectivity index (χ2v) is 12.1. The van der Waals surface area contributed by atoms with Crippen LogP contribution in [-0.4, -0.2) is 11.2 Å². The fraction of sp³-hybridized carbons (Fsp3) is 0.944. The summed E-state index contributed by atoms with van der Waals surface area (Å²) in [5, 5.41) is 10.3. The molecule has 1 unspecified atom stereocenters. The molecule has 0 aromatic carbocycles. The van der Waals surface area contributed by atoms with Crippen LogP contribution in [0, 0.1) is 0 Å². The van der Waals surface area contributed by atoms with E-state index >= 15 is 0 Å². The van der Waals surface area contributed by atoms with Gasteiger partial charge in [0.05, 0.1) is 6.10 Å². The monoisotopic (exact) mass is 521 g/mol. The highest BCUT2D eigenvalue weighted by molar-refractivity contribution is 4.81. The molecule has 1 heteroatoms. The van der Waals surface area contributed by atoms with Crippen molar-refractivity contribution in [1.82, 2.24) is 0 Å². The Labute approximate surface area is 236 Å². The van der Waals surface area contributed by atoms with Gasteiger partial charge in [0.15, 0.2) is 0 Å². The van der Waals surface area contributed by atoms with Gasteiger partial charge >= 0.3 is 0 Å². The number of unbranched alkanes of at least 4 members (excludes halogenated alkanes) is 26. The minimum absolute atomic E-state index is 0.0449. The van der Waals surface area contributed by atoms with Crippen LogP contribution in [0.5, 0.6) is 0 Å². The predicted octanol–water partition coefficient (Wildman–Crippen LogP) is 13.0. The molecule has 0 rings (SSSR count). The van der Waals surface area contributed by atoms with Crippen molar-refractivity contribution in [3.8, 4) is 0 Å². The summed E-state index contributed by atoms with van der Waals surface area (Å²) >= 11 is 0. The first-order valence-electron chi connectivity index (χ1n) is 17.6. The molecule has 0 saturated carbocycles. The summed E-state index contributed by atoms with van der Waals surface area (Å²) in [7, 11) is 0. The molecule has 0 aliphatic heterocycles. The van der Waals surface area contributed by atoms with E-state index in [1.165, 1.54) is 186 Å². The largest absolute Gasteiger partial charge is 0.393 e. The highest BCUT2D eigenvalue weighted by Crippen LogP contribution is 2.16. The normalized spacial score (nSPS) is 12.6. The number of aliphatic hydroxyl groups excluding tert-OH is 1. The molecule has 0 amide bonds. The quantitative estimate of drug-likeness (QED) is 0.0690. The summed E-state index contributed by atoms with van der Waals surface area (Å²) in [5.41, 5.74) is 0. The smallest absolute Gasteiger partial charge is 0.0540 e. The molecule has 0 heterocycles. The molecule has 0 fully saturated rings. The highest BCUT2D eigenvalue weighted by atomic mass is 16.3. The van der Waals surface area contributed by atoms with Crippen molar-refractivity contribution in [2.75, 3.05) is 0 Å². The summed E-state index contributed by atoms with van der Waals surface area (Å²) in [6.07, 6.45) is 47.0. The molecule has 0 saturated heterocycles. The van der Waals surface area contributed by atoms with Gasteiger partial charge in [-0.3, -0.25) is 0 Å². The van der Waals surface area contributed by atoms with Crippen molar-refractivity contribution in [3.05, 3.63) is 12.2 Å². The molecule has 0 bridgehead atoms. The molecule has 1 atom stereocenters. The number of rotatable bonds is 32. The number of allylic oxidation sites excluding steroid dienone is 2. The van der Waals surface area contributed by atoms with Crippen molar-refractivity contribution < 1.29 is 5.11 Å². The van der Waals surface area contributed by atoms with E-state index in [-0.39, 0.29) is 6.10 Å². The van der Waals surface area contributed by atoms with Gasteiger partial charge in [0.25, 0.3) is 0 Å². The van der Waals surface area contributed by atoms with E-state index in [2.05, 4.69) is 26.0 Å². The second kappa shape index (κ2) is 33.7. The minimum atomic E-state index is -0.0449. The van der Waals surface area contributed by atoms with Gasteiger partial charge in [-0.15, -0.1) is 0 Å². The van der Waals surface area contributed by atoms with Crippen LogP contribution in [0.2, 0.25) is 0 Å². The van der Waals surface area contributed by atoms with Crippen molar-refractivity contribution in [1.29, 1.82) is 0 Å². The van der Waals surface area contributed by atoms with Crippen LogP contribution in [0.25, 0.3) is 0 Å². The highest BCUT2D eigenvalue weighted by Gasteiger charge is 2.03. The Morgan fingerprint density at radius 3 is 0.892 bits per heavy atom. The van der Waals surface area contributed by atoms with Crippen LogP contribution in [0.4, 0.5) is 0 Å². The van der Waals surface area contributed by atoms with Gasteiger partial charge in [-0.25, -0.2) is 0 Å². The maximum absolute atomic E-state index is 10.3. The standard InChI is InChI=1S/C36H72O/c1-3-5-7-9-11-13-15-17-19-21-23-25-27-29-31-33-35-36(37)34-32-30-28-26-24-22-20-18-16-14-12-10-8-6-4-2/h18,20,36-37H,3-17,19,21-35H2,1-2H3. The van der Waals surface area contributed by atoms with Crippen molar-refractivity contribution >= 4 is 0 Å². The summed E-state index contributed by atoms with van der Waals surface area (Å²) in [6.45, 7) is 4.58. The Kier molecular flexibility index (Phi) is 33.5. The van der Waals surface area contributed by atoms with Crippen LogP contribution in [-0.2, 0) is 0 Å². The Hall–Kier alpha value is -0.300. The number of aliphatic hydroxyl groups is 1. The molecule has 0 aliphatic rings. The van der Waals surface area contributed by atoms with Gasteiger partial charge in [0, 0.05) is 0 Å². The number of hydrogen-bond acceptors (Lipinski definition) is 1. The predicted molar refractivity (Wildman–Crippen MR) is 170 cm³/mol. The topological polar surface area (TPSA) is 20.2 Å². The first kappa shape index (κ1) is 36.7. The fourth-order valence-corrected chi connectivity index (χ4v) is 5.52. The maximum Gasteiger partial charge on any atom is 0.0540 e. The van der Waals surface area contributed by atoms with Gasteiger partial charge in [-0.05, 0) is 38.5 Å². The van der Waals surface area contributed by atoms with Crippen LogP contribution in [0.1, 0.15) is 213 Å². The number of hydrogen-bond donors (Lipinski definition) is 1. The lowest BCUT2D eigenvalue weighted by molar-refractivity contribution is 0.147. The SMILES string of the molecule is CCCCCCCCC=CCCCCCCCC(O)CCCCCCCCCCCCCCCCCC. The molecule has 37 heavy (non-hydrogen) atoms. The molecule has 0 spiro atoms. The van der Waals surface area contributed by atoms with Crippen LogP contribution in [0.15, 0.2) is 12.2 Å². The lowest BCUT2D eigenvalue weighted by Crippen LogP contribution is -2.05. The molecular weight excluding hydrogens is 448 g/mol. The van der Waals surface area contributed by atoms with Crippen molar-refractivity contribution in [3.63, 3.8) is 0 Å². The Morgan fingerprint density at radius 2 is 0.595 bits per heavy atom. The first-order chi connectivity index (χ1) is 18.3. The van der Waals surface area contributed by atoms with E-state index in [1.54, 1.807) is 0 Å². The van der Waals surface area contributed by atoms with E-state index < -0.39 is 0 Å². The van der Waals surface area contributed by atoms with E-state index in [9.17, 15) is 5.11 Å². The molecule has 0 aromatic rings. The lowest BCUT2D eigenvalue weighted by Gasteiger charge is -2.10. The third kappa shape index (κ3) is 33.7. The summed E-state index contributed by atoms with van der Waals surface area (Å²) < 4.78 is 0. The molecule has 222 valence electrons. The van der Waals surface area contributed by atoms with E-state index in [0.29, 0.717) is 0 Å². The lowest BCUT2D eigenvalue weighted by atomic mass is 10.0. The first-order valence-corrected chi connectivity index (χ1v) is 17.6. The minimum Gasteiger partial charge on any atom is -0.393 e. The van der Waals surface area contributed by atoms with E-state index in [4.69, 9.17) is 0 Å². The summed E-state index contributed by atoms with van der Waals surface area (Å²) in [6, 6.07) is 0. The molecule has 0 radical (unpaired) electrons. The molecule has 0 aliphatic carbocycles. The van der Waals surface area contributed by atoms with Gasteiger partial charge in [-0.1, -0.05) is 187 Å². The van der Waals surface area contributed by atoms with Crippen LogP contribution in [0.3, 0.4) is 0 Å². The zero-order valence-electron chi connectivity index (χ0n) is 26.1. The van der Waals surface area contributed by atoms with Gasteiger partial charge in [-0.2, -0.15) is 0 Å². The molecule has 1 nitrogen and oxygen atoms in total. The molecular formula is C36H72O. The van der Waals surface area contributed by atoms with Crippen molar-refractivity contribution in [2.45, 2.75) is 219 Å². The zero-order valence-corrected chi connectivity index (χ0v) is 26.1. The second-order valence-electron chi connectivity index (χ2n) is 12.1. The maximum atomic E-state index is 10.3. The third-order valence-electron chi connectivity index (χ3n) is 8.19. The average molecular weight is 521 g/mol. The third-order valence-corrected chi connectivity index (χ3v) is 8.19. The fourth-order valence-electron chi connectivity index (χ4n) is 5.52. The molecule has 0 aromatic heterocycles.